The minimum atomic E-state index is -0.974. The van der Waals surface area contributed by atoms with Crippen molar-refractivity contribution >= 4 is 0 Å². The predicted octanol–water partition coefficient (Wildman–Crippen LogP) is 4.22. The highest BCUT2D eigenvalue weighted by Crippen LogP contribution is 2.42. The number of benzene rings is 2. The SMILES string of the molecule is COc1ccc(C(C)(O)c2ccccc2C2CCC2)cc1. The second-order valence-electron chi connectivity index (χ2n) is 6.02. The molecule has 0 radical (unpaired) electrons. The van der Waals surface area contributed by atoms with Crippen LogP contribution in [-0.4, -0.2) is 12.2 Å². The van der Waals surface area contributed by atoms with Gasteiger partial charge in [-0.3, -0.25) is 0 Å². The largest absolute Gasteiger partial charge is 0.497 e. The van der Waals surface area contributed by atoms with Crippen molar-refractivity contribution in [1.29, 1.82) is 0 Å². The molecule has 0 saturated heterocycles. The van der Waals surface area contributed by atoms with Gasteiger partial charge >= 0.3 is 0 Å². The van der Waals surface area contributed by atoms with Crippen molar-refractivity contribution in [3.8, 4) is 5.75 Å². The molecular formula is C19H22O2. The van der Waals surface area contributed by atoms with Crippen molar-refractivity contribution in [2.75, 3.05) is 7.11 Å². The molecule has 1 atom stereocenters. The summed E-state index contributed by atoms with van der Waals surface area (Å²) in [6, 6.07) is 16.0. The van der Waals surface area contributed by atoms with Crippen LogP contribution in [0.5, 0.6) is 5.75 Å². The van der Waals surface area contributed by atoms with Crippen molar-refractivity contribution in [1.82, 2.24) is 0 Å². The number of methoxy groups -OCH3 is 1. The Morgan fingerprint density at radius 1 is 1.05 bits per heavy atom. The highest BCUT2D eigenvalue weighted by Gasteiger charge is 2.31. The normalized spacial score (nSPS) is 17.9. The summed E-state index contributed by atoms with van der Waals surface area (Å²) in [5.74, 6) is 1.41. The Bertz CT molecular complexity index is 610. The number of hydrogen-bond acceptors (Lipinski definition) is 2. The highest BCUT2D eigenvalue weighted by atomic mass is 16.5. The molecule has 0 aromatic heterocycles. The lowest BCUT2D eigenvalue weighted by atomic mass is 9.74. The van der Waals surface area contributed by atoms with Crippen LogP contribution in [0.15, 0.2) is 48.5 Å². The molecule has 2 heteroatoms. The van der Waals surface area contributed by atoms with E-state index in [-0.39, 0.29) is 0 Å². The van der Waals surface area contributed by atoms with Gasteiger partial charge in [-0.15, -0.1) is 0 Å². The maximum absolute atomic E-state index is 11.1. The van der Waals surface area contributed by atoms with Crippen LogP contribution in [0, 0.1) is 0 Å². The van der Waals surface area contributed by atoms with E-state index in [0.29, 0.717) is 5.92 Å². The molecule has 1 fully saturated rings. The fraction of sp³-hybridized carbons (Fsp3) is 0.368. The van der Waals surface area contributed by atoms with E-state index in [1.165, 1.54) is 24.8 Å². The maximum atomic E-state index is 11.1. The number of hydrogen-bond donors (Lipinski definition) is 1. The number of rotatable bonds is 4. The van der Waals surface area contributed by atoms with Crippen LogP contribution in [0.1, 0.15) is 48.8 Å². The van der Waals surface area contributed by atoms with E-state index in [0.717, 1.165) is 16.9 Å². The van der Waals surface area contributed by atoms with Crippen molar-refractivity contribution in [2.45, 2.75) is 37.7 Å². The molecule has 1 N–H and O–H groups in total. The number of aliphatic hydroxyl groups is 1. The molecule has 2 aromatic carbocycles. The van der Waals surface area contributed by atoms with Crippen molar-refractivity contribution in [3.05, 3.63) is 65.2 Å². The lowest BCUT2D eigenvalue weighted by molar-refractivity contribution is 0.1000. The van der Waals surface area contributed by atoms with E-state index in [1.54, 1.807) is 7.11 Å². The van der Waals surface area contributed by atoms with Gasteiger partial charge in [0.1, 0.15) is 11.4 Å². The molecule has 0 spiro atoms. The van der Waals surface area contributed by atoms with Gasteiger partial charge in [0.2, 0.25) is 0 Å². The molecular weight excluding hydrogens is 260 g/mol. The number of ether oxygens (including phenoxy) is 1. The van der Waals surface area contributed by atoms with Crippen LogP contribution in [0.3, 0.4) is 0 Å². The van der Waals surface area contributed by atoms with Gasteiger partial charge in [-0.2, -0.15) is 0 Å². The summed E-state index contributed by atoms with van der Waals surface area (Å²) in [6.45, 7) is 1.88. The molecule has 2 aromatic rings. The fourth-order valence-corrected chi connectivity index (χ4v) is 3.09. The molecule has 1 aliphatic carbocycles. The molecule has 1 aliphatic rings. The van der Waals surface area contributed by atoms with E-state index in [9.17, 15) is 5.11 Å². The molecule has 1 saturated carbocycles. The molecule has 2 nitrogen and oxygen atoms in total. The molecule has 21 heavy (non-hydrogen) atoms. The van der Waals surface area contributed by atoms with E-state index < -0.39 is 5.60 Å². The third kappa shape index (κ3) is 2.56. The van der Waals surface area contributed by atoms with Gasteiger partial charge in [0.15, 0.2) is 0 Å². The van der Waals surface area contributed by atoms with E-state index in [1.807, 2.05) is 37.3 Å². The second-order valence-corrected chi connectivity index (χ2v) is 6.02. The molecule has 110 valence electrons. The summed E-state index contributed by atoms with van der Waals surface area (Å²) < 4.78 is 5.19. The minimum absolute atomic E-state index is 0.603. The van der Waals surface area contributed by atoms with E-state index in [2.05, 4.69) is 18.2 Å². The van der Waals surface area contributed by atoms with E-state index in [4.69, 9.17) is 4.74 Å². The summed E-state index contributed by atoms with van der Waals surface area (Å²) in [5, 5.41) is 11.1. The van der Waals surface area contributed by atoms with E-state index >= 15 is 0 Å². The van der Waals surface area contributed by atoms with Gasteiger partial charge in [-0.05, 0) is 54.5 Å². The Kier molecular flexibility index (Phi) is 3.73. The lowest BCUT2D eigenvalue weighted by Crippen LogP contribution is -2.26. The Morgan fingerprint density at radius 2 is 1.71 bits per heavy atom. The predicted molar refractivity (Wildman–Crippen MR) is 84.7 cm³/mol. The third-order valence-corrected chi connectivity index (χ3v) is 4.68. The average Bonchev–Trinajstić information content (AvgIpc) is 2.46. The topological polar surface area (TPSA) is 29.5 Å². The first-order chi connectivity index (χ1) is 10.1. The molecule has 1 unspecified atom stereocenters. The van der Waals surface area contributed by atoms with Crippen molar-refractivity contribution < 1.29 is 9.84 Å². The van der Waals surface area contributed by atoms with Crippen molar-refractivity contribution in [2.24, 2.45) is 0 Å². The fourth-order valence-electron chi connectivity index (χ4n) is 3.09. The Balaban J connectivity index is 2.00. The minimum Gasteiger partial charge on any atom is -0.497 e. The lowest BCUT2D eigenvalue weighted by Gasteiger charge is -2.33. The maximum Gasteiger partial charge on any atom is 0.118 e. The first kappa shape index (κ1) is 14.2. The van der Waals surface area contributed by atoms with Crippen molar-refractivity contribution in [3.63, 3.8) is 0 Å². The molecule has 0 heterocycles. The first-order valence-electron chi connectivity index (χ1n) is 7.59. The standard InChI is InChI=1S/C19H22O2/c1-19(20,15-10-12-16(21-2)13-11-15)18-9-4-3-8-17(18)14-6-5-7-14/h3-4,8-14,20H,5-7H2,1-2H3. The van der Waals surface area contributed by atoms with Gasteiger partial charge in [0, 0.05) is 0 Å². The van der Waals surface area contributed by atoms with Gasteiger partial charge in [-0.1, -0.05) is 42.8 Å². The Morgan fingerprint density at radius 3 is 2.29 bits per heavy atom. The summed E-state index contributed by atoms with van der Waals surface area (Å²) >= 11 is 0. The Labute approximate surface area is 126 Å². The summed E-state index contributed by atoms with van der Waals surface area (Å²) in [7, 11) is 1.65. The van der Waals surface area contributed by atoms with Gasteiger partial charge in [-0.25, -0.2) is 0 Å². The monoisotopic (exact) mass is 282 g/mol. The van der Waals surface area contributed by atoms with Crippen LogP contribution >= 0.6 is 0 Å². The molecule has 0 aliphatic heterocycles. The van der Waals surface area contributed by atoms with Gasteiger partial charge in [0.25, 0.3) is 0 Å². The van der Waals surface area contributed by atoms with Gasteiger partial charge in [0.05, 0.1) is 7.11 Å². The first-order valence-corrected chi connectivity index (χ1v) is 7.59. The zero-order valence-electron chi connectivity index (χ0n) is 12.7. The zero-order chi connectivity index (χ0) is 14.9. The third-order valence-electron chi connectivity index (χ3n) is 4.68. The molecule has 3 rings (SSSR count). The summed E-state index contributed by atoms with van der Waals surface area (Å²) in [4.78, 5) is 0. The van der Waals surface area contributed by atoms with Gasteiger partial charge < -0.3 is 9.84 Å². The van der Waals surface area contributed by atoms with Crippen LogP contribution < -0.4 is 4.74 Å². The highest BCUT2D eigenvalue weighted by molar-refractivity contribution is 5.43. The van der Waals surface area contributed by atoms with Crippen LogP contribution in [0.25, 0.3) is 0 Å². The molecule has 0 bridgehead atoms. The average molecular weight is 282 g/mol. The smallest absolute Gasteiger partial charge is 0.118 e. The van der Waals surface area contributed by atoms with Crippen LogP contribution in [0.2, 0.25) is 0 Å². The summed E-state index contributed by atoms with van der Waals surface area (Å²) in [6.07, 6.45) is 3.76. The quantitative estimate of drug-likeness (QED) is 0.910. The second kappa shape index (κ2) is 5.53. The molecule has 0 amide bonds. The van der Waals surface area contributed by atoms with Crippen LogP contribution in [0.4, 0.5) is 0 Å². The zero-order valence-corrected chi connectivity index (χ0v) is 12.7. The van der Waals surface area contributed by atoms with Crippen LogP contribution in [-0.2, 0) is 5.60 Å². The Hall–Kier alpha value is -1.80. The summed E-state index contributed by atoms with van der Waals surface area (Å²) in [5.41, 5.74) is 2.25.